The maximum atomic E-state index is 12.6. The van der Waals surface area contributed by atoms with Crippen molar-refractivity contribution in [2.45, 2.75) is 74.9 Å². The Balaban J connectivity index is 1.90. The second-order valence-electron chi connectivity index (χ2n) is 6.52. The molecule has 0 heterocycles. The van der Waals surface area contributed by atoms with Crippen LogP contribution in [0.4, 0.5) is 13.2 Å². The zero-order valence-electron chi connectivity index (χ0n) is 12.3. The highest BCUT2D eigenvalue weighted by atomic mass is 32.2. The maximum absolute atomic E-state index is 12.6. The molecule has 0 bridgehead atoms. The molecule has 7 heteroatoms. The van der Waals surface area contributed by atoms with E-state index >= 15 is 0 Å². The molecular weight excluding hydrogens is 303 g/mol. The molecule has 0 unspecified atom stereocenters. The van der Waals surface area contributed by atoms with Crippen LogP contribution in [0.15, 0.2) is 0 Å². The van der Waals surface area contributed by atoms with Gasteiger partial charge in [0.25, 0.3) is 0 Å². The zero-order chi connectivity index (χ0) is 15.7. The number of nitrogens with one attached hydrogen (secondary N) is 1. The van der Waals surface area contributed by atoms with Gasteiger partial charge in [-0.05, 0) is 38.5 Å². The Morgan fingerprint density at radius 2 is 1.52 bits per heavy atom. The third kappa shape index (κ3) is 4.58. The van der Waals surface area contributed by atoms with Gasteiger partial charge < -0.3 is 5.32 Å². The van der Waals surface area contributed by atoms with Crippen LogP contribution >= 0.6 is 0 Å². The van der Waals surface area contributed by atoms with Gasteiger partial charge in [0.2, 0.25) is 0 Å². The minimum atomic E-state index is -4.09. The third-order valence-corrected chi connectivity index (χ3v) is 6.56. The molecular formula is C14H24F3NO2S. The first kappa shape index (κ1) is 17.1. The van der Waals surface area contributed by atoms with Gasteiger partial charge in [0.15, 0.2) is 9.84 Å². The molecule has 0 aromatic heterocycles. The summed E-state index contributed by atoms with van der Waals surface area (Å²) < 4.78 is 61.6. The molecule has 2 aliphatic rings. The van der Waals surface area contributed by atoms with Gasteiger partial charge in [0, 0.05) is 18.3 Å². The Labute approximate surface area is 124 Å². The van der Waals surface area contributed by atoms with Crippen molar-refractivity contribution < 1.29 is 21.6 Å². The van der Waals surface area contributed by atoms with Gasteiger partial charge in [-0.15, -0.1) is 0 Å². The van der Waals surface area contributed by atoms with Crippen molar-refractivity contribution in [3.63, 3.8) is 0 Å². The van der Waals surface area contributed by atoms with Crippen LogP contribution in [0.2, 0.25) is 0 Å². The van der Waals surface area contributed by atoms with E-state index in [4.69, 9.17) is 0 Å². The van der Waals surface area contributed by atoms with Crippen LogP contribution in [0.25, 0.3) is 0 Å². The lowest BCUT2D eigenvalue weighted by atomic mass is 9.84. The number of hydrogen-bond donors (Lipinski definition) is 1. The van der Waals surface area contributed by atoms with E-state index in [1.807, 2.05) is 0 Å². The third-order valence-electron chi connectivity index (χ3n) is 4.89. The van der Waals surface area contributed by atoms with E-state index in [1.165, 1.54) is 6.26 Å². The first-order chi connectivity index (χ1) is 9.68. The summed E-state index contributed by atoms with van der Waals surface area (Å²) in [6.45, 7) is 0. The summed E-state index contributed by atoms with van der Waals surface area (Å²) >= 11 is 0. The Kier molecular flexibility index (Phi) is 5.23. The number of alkyl halides is 3. The van der Waals surface area contributed by atoms with Crippen LogP contribution in [-0.4, -0.2) is 38.2 Å². The first-order valence-corrected chi connectivity index (χ1v) is 9.65. The topological polar surface area (TPSA) is 46.2 Å². The lowest BCUT2D eigenvalue weighted by molar-refractivity contribution is -0.182. The molecule has 0 amide bonds. The van der Waals surface area contributed by atoms with Gasteiger partial charge in [-0.3, -0.25) is 0 Å². The molecule has 21 heavy (non-hydrogen) atoms. The molecule has 2 saturated carbocycles. The Morgan fingerprint density at radius 1 is 0.952 bits per heavy atom. The number of halogens is 3. The summed E-state index contributed by atoms with van der Waals surface area (Å²) in [5.74, 6) is -1.19. The molecule has 0 aromatic rings. The summed E-state index contributed by atoms with van der Waals surface area (Å²) in [6.07, 6.45) is 1.80. The van der Waals surface area contributed by atoms with E-state index in [2.05, 4.69) is 5.32 Å². The fourth-order valence-corrected chi connectivity index (χ4v) is 5.10. The van der Waals surface area contributed by atoms with Crippen LogP contribution in [0.3, 0.4) is 0 Å². The van der Waals surface area contributed by atoms with Gasteiger partial charge in [-0.25, -0.2) is 8.42 Å². The Bertz CT molecular complexity index is 442. The lowest BCUT2D eigenvalue weighted by Crippen LogP contribution is -2.51. The van der Waals surface area contributed by atoms with Crippen molar-refractivity contribution in [2.24, 2.45) is 5.92 Å². The van der Waals surface area contributed by atoms with Gasteiger partial charge in [0.05, 0.1) is 11.2 Å². The molecule has 2 aliphatic carbocycles. The van der Waals surface area contributed by atoms with E-state index in [0.29, 0.717) is 19.3 Å². The highest BCUT2D eigenvalue weighted by Gasteiger charge is 2.42. The molecule has 2 rings (SSSR count). The fraction of sp³-hybridized carbons (Fsp3) is 1.00. The molecule has 0 saturated heterocycles. The molecule has 1 N–H and O–H groups in total. The summed E-state index contributed by atoms with van der Waals surface area (Å²) in [5.41, 5.74) is 0. The van der Waals surface area contributed by atoms with Crippen molar-refractivity contribution >= 4 is 9.84 Å². The van der Waals surface area contributed by atoms with Crippen LogP contribution < -0.4 is 5.32 Å². The largest absolute Gasteiger partial charge is 0.391 e. The van der Waals surface area contributed by atoms with E-state index in [9.17, 15) is 21.6 Å². The van der Waals surface area contributed by atoms with Crippen LogP contribution in [0.5, 0.6) is 0 Å². The van der Waals surface area contributed by atoms with Crippen LogP contribution in [-0.2, 0) is 9.84 Å². The maximum Gasteiger partial charge on any atom is 0.391 e. The highest BCUT2D eigenvalue weighted by Crippen LogP contribution is 2.38. The Hall–Kier alpha value is -0.300. The minimum absolute atomic E-state index is 0.0240. The smallest absolute Gasteiger partial charge is 0.310 e. The summed E-state index contributed by atoms with van der Waals surface area (Å²) in [6, 6.07) is -0.0721. The van der Waals surface area contributed by atoms with E-state index in [1.54, 1.807) is 0 Å². The fourth-order valence-electron chi connectivity index (χ4n) is 3.69. The van der Waals surface area contributed by atoms with Gasteiger partial charge in [-0.2, -0.15) is 13.2 Å². The molecule has 124 valence electrons. The predicted molar refractivity (Wildman–Crippen MR) is 75.8 cm³/mol. The quantitative estimate of drug-likeness (QED) is 0.866. The number of rotatable bonds is 3. The molecule has 2 atom stereocenters. The Morgan fingerprint density at radius 3 is 2.05 bits per heavy atom. The molecule has 2 fully saturated rings. The zero-order valence-corrected chi connectivity index (χ0v) is 13.1. The minimum Gasteiger partial charge on any atom is -0.310 e. The summed E-state index contributed by atoms with van der Waals surface area (Å²) in [7, 11) is -3.10. The average molecular weight is 327 g/mol. The predicted octanol–water partition coefficient (Wildman–Crippen LogP) is 3.05. The number of sulfone groups is 1. The van der Waals surface area contributed by atoms with Crippen molar-refractivity contribution in [2.75, 3.05) is 6.26 Å². The molecule has 0 spiro atoms. The monoisotopic (exact) mass is 327 g/mol. The summed E-state index contributed by atoms with van der Waals surface area (Å²) in [4.78, 5) is 0. The van der Waals surface area contributed by atoms with Crippen molar-refractivity contribution in [1.29, 1.82) is 0 Å². The van der Waals surface area contributed by atoms with Crippen molar-refractivity contribution in [3.8, 4) is 0 Å². The van der Waals surface area contributed by atoms with E-state index in [0.717, 1.165) is 19.3 Å². The lowest BCUT2D eigenvalue weighted by Gasteiger charge is -2.37. The highest BCUT2D eigenvalue weighted by molar-refractivity contribution is 7.91. The first-order valence-electron chi connectivity index (χ1n) is 7.69. The van der Waals surface area contributed by atoms with Gasteiger partial charge >= 0.3 is 6.18 Å². The molecule has 0 aromatic carbocycles. The second-order valence-corrected chi connectivity index (χ2v) is 8.78. The molecule has 3 nitrogen and oxygen atoms in total. The average Bonchev–Trinajstić information content (AvgIpc) is 2.37. The normalized spacial score (nSPS) is 35.6. The van der Waals surface area contributed by atoms with Gasteiger partial charge in [0.1, 0.15) is 0 Å². The molecule has 0 aliphatic heterocycles. The second kappa shape index (κ2) is 6.44. The SMILES string of the molecule is CS(=O)(=O)[C@@H]1CCCC[C@H]1NC1CCC(C(F)(F)F)CC1. The number of hydrogen-bond acceptors (Lipinski definition) is 3. The summed E-state index contributed by atoms with van der Waals surface area (Å²) in [5, 5.41) is 2.96. The van der Waals surface area contributed by atoms with E-state index < -0.39 is 21.9 Å². The van der Waals surface area contributed by atoms with Crippen LogP contribution in [0.1, 0.15) is 51.4 Å². The van der Waals surface area contributed by atoms with Crippen molar-refractivity contribution in [3.05, 3.63) is 0 Å². The van der Waals surface area contributed by atoms with E-state index in [-0.39, 0.29) is 30.2 Å². The van der Waals surface area contributed by atoms with Gasteiger partial charge in [-0.1, -0.05) is 12.8 Å². The molecule has 0 radical (unpaired) electrons. The van der Waals surface area contributed by atoms with Crippen molar-refractivity contribution in [1.82, 2.24) is 5.32 Å². The van der Waals surface area contributed by atoms with Crippen LogP contribution in [0, 0.1) is 5.92 Å². The standard InChI is InChI=1S/C14H24F3NO2S/c1-21(19,20)13-5-3-2-4-12(13)18-11-8-6-10(7-9-11)14(15,16)17/h10-13,18H,2-9H2,1H3/t10?,11?,12-,13-/m1/s1.